The lowest BCUT2D eigenvalue weighted by atomic mass is 9.97. The van der Waals surface area contributed by atoms with Gasteiger partial charge in [0, 0.05) is 6.54 Å². The molecule has 3 nitrogen and oxygen atoms in total. The zero-order valence-electron chi connectivity index (χ0n) is 9.51. The molecule has 0 unspecified atom stereocenters. The molecule has 14 heavy (non-hydrogen) atoms. The van der Waals surface area contributed by atoms with Crippen LogP contribution in [0.4, 0.5) is 0 Å². The second-order valence-corrected chi connectivity index (χ2v) is 4.93. The summed E-state index contributed by atoms with van der Waals surface area (Å²) in [5, 5.41) is 0. The summed E-state index contributed by atoms with van der Waals surface area (Å²) in [6, 6.07) is 0. The first-order valence-electron chi connectivity index (χ1n) is 5.40. The second-order valence-electron chi connectivity index (χ2n) is 4.93. The van der Waals surface area contributed by atoms with Crippen molar-refractivity contribution in [2.24, 2.45) is 5.41 Å². The lowest BCUT2D eigenvalue weighted by Gasteiger charge is -2.19. The van der Waals surface area contributed by atoms with E-state index in [1.54, 1.807) is 0 Å². The van der Waals surface area contributed by atoms with Gasteiger partial charge >= 0.3 is 5.97 Å². The molecule has 0 radical (unpaired) electrons. The van der Waals surface area contributed by atoms with Crippen LogP contribution < -0.4 is 0 Å². The fourth-order valence-corrected chi connectivity index (χ4v) is 1.49. The highest BCUT2D eigenvalue weighted by Gasteiger charge is 2.23. The second kappa shape index (κ2) is 4.78. The van der Waals surface area contributed by atoms with Crippen molar-refractivity contribution < 1.29 is 9.53 Å². The third-order valence-electron chi connectivity index (χ3n) is 2.45. The molecule has 1 aliphatic rings. The van der Waals surface area contributed by atoms with E-state index in [2.05, 4.69) is 4.90 Å². The molecule has 0 N–H and O–H groups in total. The molecular weight excluding hydrogens is 178 g/mol. The van der Waals surface area contributed by atoms with Crippen molar-refractivity contribution in [3.8, 4) is 0 Å². The Morgan fingerprint density at radius 2 is 1.86 bits per heavy atom. The fourth-order valence-electron chi connectivity index (χ4n) is 1.49. The van der Waals surface area contributed by atoms with Crippen LogP contribution >= 0.6 is 0 Å². The Balaban J connectivity index is 2.11. The molecule has 0 bridgehead atoms. The van der Waals surface area contributed by atoms with Gasteiger partial charge in [0.1, 0.15) is 6.61 Å². The van der Waals surface area contributed by atoms with Gasteiger partial charge in [-0.05, 0) is 46.7 Å². The Bertz CT molecular complexity index is 190. The number of carbonyl (C=O) groups is 1. The summed E-state index contributed by atoms with van der Waals surface area (Å²) >= 11 is 0. The predicted octanol–water partition coefficient (Wildman–Crippen LogP) is 1.67. The smallest absolute Gasteiger partial charge is 0.311 e. The van der Waals surface area contributed by atoms with E-state index in [0.717, 1.165) is 19.6 Å². The number of ether oxygens (including phenoxy) is 1. The molecule has 82 valence electrons. The van der Waals surface area contributed by atoms with Crippen molar-refractivity contribution in [2.75, 3.05) is 26.2 Å². The first-order chi connectivity index (χ1) is 6.50. The molecule has 3 heteroatoms. The van der Waals surface area contributed by atoms with Gasteiger partial charge in [-0.15, -0.1) is 0 Å². The maximum atomic E-state index is 11.4. The summed E-state index contributed by atoms with van der Waals surface area (Å²) in [5.74, 6) is -0.100. The summed E-state index contributed by atoms with van der Waals surface area (Å²) in [6.45, 7) is 9.39. The molecule has 1 aliphatic heterocycles. The van der Waals surface area contributed by atoms with Gasteiger partial charge in [0.25, 0.3) is 0 Å². The number of hydrogen-bond donors (Lipinski definition) is 0. The number of nitrogens with zero attached hydrogens (tertiary/aromatic N) is 1. The van der Waals surface area contributed by atoms with E-state index in [4.69, 9.17) is 4.74 Å². The van der Waals surface area contributed by atoms with Crippen LogP contribution in [0.15, 0.2) is 0 Å². The topological polar surface area (TPSA) is 29.5 Å². The molecule has 0 spiro atoms. The standard InChI is InChI=1S/C11H21NO2/c1-11(2,3)10(13)14-9-8-12-6-4-5-7-12/h4-9H2,1-3H3. The lowest BCUT2D eigenvalue weighted by molar-refractivity contribution is -0.153. The Labute approximate surface area is 86.4 Å². The van der Waals surface area contributed by atoms with Crippen LogP contribution in [0.2, 0.25) is 0 Å². The van der Waals surface area contributed by atoms with Crippen LogP contribution in [0.1, 0.15) is 33.6 Å². The first kappa shape index (κ1) is 11.5. The maximum absolute atomic E-state index is 11.4. The van der Waals surface area contributed by atoms with Crippen molar-refractivity contribution >= 4 is 5.97 Å². The molecule has 0 saturated carbocycles. The number of likely N-dealkylation sites (tertiary alicyclic amines) is 1. The van der Waals surface area contributed by atoms with Gasteiger partial charge in [-0.25, -0.2) is 0 Å². The molecule has 1 heterocycles. The van der Waals surface area contributed by atoms with Gasteiger partial charge in [-0.2, -0.15) is 0 Å². The van der Waals surface area contributed by atoms with E-state index in [1.165, 1.54) is 12.8 Å². The largest absolute Gasteiger partial charge is 0.464 e. The highest BCUT2D eigenvalue weighted by atomic mass is 16.5. The minimum atomic E-state index is -0.370. The SMILES string of the molecule is CC(C)(C)C(=O)OCCN1CCCC1. The molecule has 0 atom stereocenters. The van der Waals surface area contributed by atoms with Crippen LogP contribution in [0.25, 0.3) is 0 Å². The van der Waals surface area contributed by atoms with Gasteiger partial charge in [0.15, 0.2) is 0 Å². The lowest BCUT2D eigenvalue weighted by Crippen LogP contribution is -2.29. The predicted molar refractivity (Wildman–Crippen MR) is 56.1 cm³/mol. The van der Waals surface area contributed by atoms with Gasteiger partial charge in [0.2, 0.25) is 0 Å². The van der Waals surface area contributed by atoms with Gasteiger partial charge in [-0.1, -0.05) is 0 Å². The molecule has 0 aromatic rings. The van der Waals surface area contributed by atoms with Crippen LogP contribution in [-0.2, 0) is 9.53 Å². The average Bonchev–Trinajstić information content (AvgIpc) is 2.55. The van der Waals surface area contributed by atoms with E-state index in [0.29, 0.717) is 6.61 Å². The molecule has 1 fully saturated rings. The van der Waals surface area contributed by atoms with E-state index in [9.17, 15) is 4.79 Å². The number of hydrogen-bond acceptors (Lipinski definition) is 3. The number of rotatable bonds is 3. The van der Waals surface area contributed by atoms with Crippen LogP contribution in [0.5, 0.6) is 0 Å². The summed E-state index contributed by atoms with van der Waals surface area (Å²) in [5.41, 5.74) is -0.370. The number of esters is 1. The van der Waals surface area contributed by atoms with Crippen LogP contribution in [0.3, 0.4) is 0 Å². The summed E-state index contributed by atoms with van der Waals surface area (Å²) in [6.07, 6.45) is 2.57. The Morgan fingerprint density at radius 1 is 1.29 bits per heavy atom. The Hall–Kier alpha value is -0.570. The molecular formula is C11H21NO2. The van der Waals surface area contributed by atoms with Crippen molar-refractivity contribution in [3.05, 3.63) is 0 Å². The zero-order valence-corrected chi connectivity index (χ0v) is 9.51. The first-order valence-corrected chi connectivity index (χ1v) is 5.40. The minimum Gasteiger partial charge on any atom is -0.464 e. The van der Waals surface area contributed by atoms with Crippen LogP contribution in [0, 0.1) is 5.41 Å². The van der Waals surface area contributed by atoms with E-state index >= 15 is 0 Å². The van der Waals surface area contributed by atoms with Crippen molar-refractivity contribution in [1.29, 1.82) is 0 Å². The normalized spacial score (nSPS) is 18.5. The fraction of sp³-hybridized carbons (Fsp3) is 0.909. The number of carbonyl (C=O) groups excluding carboxylic acids is 1. The van der Waals surface area contributed by atoms with Crippen molar-refractivity contribution in [1.82, 2.24) is 4.90 Å². The monoisotopic (exact) mass is 199 g/mol. The molecule has 1 saturated heterocycles. The third kappa shape index (κ3) is 3.66. The van der Waals surface area contributed by atoms with E-state index in [-0.39, 0.29) is 11.4 Å². The van der Waals surface area contributed by atoms with Gasteiger partial charge in [-0.3, -0.25) is 9.69 Å². The molecule has 1 rings (SSSR count). The molecule has 0 aromatic carbocycles. The van der Waals surface area contributed by atoms with Gasteiger partial charge < -0.3 is 4.74 Å². The third-order valence-corrected chi connectivity index (χ3v) is 2.45. The molecule has 0 aliphatic carbocycles. The van der Waals surface area contributed by atoms with Crippen molar-refractivity contribution in [3.63, 3.8) is 0 Å². The highest BCUT2D eigenvalue weighted by Crippen LogP contribution is 2.15. The quantitative estimate of drug-likeness (QED) is 0.648. The molecule has 0 amide bonds. The Morgan fingerprint density at radius 3 is 2.36 bits per heavy atom. The molecule has 0 aromatic heterocycles. The van der Waals surface area contributed by atoms with Gasteiger partial charge in [0.05, 0.1) is 5.41 Å². The van der Waals surface area contributed by atoms with Crippen LogP contribution in [-0.4, -0.2) is 37.1 Å². The Kier molecular flexibility index (Phi) is 3.93. The summed E-state index contributed by atoms with van der Waals surface area (Å²) in [7, 11) is 0. The summed E-state index contributed by atoms with van der Waals surface area (Å²) in [4.78, 5) is 13.7. The zero-order chi connectivity index (χ0) is 10.6. The highest BCUT2D eigenvalue weighted by molar-refractivity contribution is 5.75. The van der Waals surface area contributed by atoms with E-state index < -0.39 is 0 Å². The van der Waals surface area contributed by atoms with E-state index in [1.807, 2.05) is 20.8 Å². The maximum Gasteiger partial charge on any atom is 0.311 e. The minimum absolute atomic E-state index is 0.100. The summed E-state index contributed by atoms with van der Waals surface area (Å²) < 4.78 is 5.19. The van der Waals surface area contributed by atoms with Crippen molar-refractivity contribution in [2.45, 2.75) is 33.6 Å². The average molecular weight is 199 g/mol.